The molecule has 202 valence electrons. The van der Waals surface area contributed by atoms with Crippen molar-refractivity contribution in [3.63, 3.8) is 0 Å². The van der Waals surface area contributed by atoms with Crippen LogP contribution in [-0.2, 0) is 28.9 Å². The summed E-state index contributed by atoms with van der Waals surface area (Å²) in [6.45, 7) is 3.02. The molecule has 12 nitrogen and oxygen atoms in total. The number of aliphatic hydroxyl groups excluding tert-OH is 4. The number of ether oxygens (including phenoxy) is 2. The second-order valence-corrected chi connectivity index (χ2v) is 9.62. The lowest BCUT2D eigenvalue weighted by atomic mass is 9.99. The molecule has 0 bridgehead atoms. The summed E-state index contributed by atoms with van der Waals surface area (Å²) < 4.78 is 46.4. The average Bonchev–Trinajstić information content (AvgIpc) is 2.77. The van der Waals surface area contributed by atoms with Gasteiger partial charge in [-0.3, -0.25) is 9.35 Å². The Morgan fingerprint density at radius 3 is 2.29 bits per heavy atom. The van der Waals surface area contributed by atoms with Crippen LogP contribution in [0.15, 0.2) is 0 Å². The molecule has 6 N–H and O–H groups in total. The van der Waals surface area contributed by atoms with Gasteiger partial charge in [0.1, 0.15) is 24.4 Å². The van der Waals surface area contributed by atoms with E-state index in [1.54, 1.807) is 0 Å². The molecule has 1 heterocycles. The minimum absolute atomic E-state index is 0.263. The van der Waals surface area contributed by atoms with Crippen LogP contribution < -0.4 is 5.32 Å². The molecule has 1 aliphatic heterocycles. The van der Waals surface area contributed by atoms with E-state index in [-0.39, 0.29) is 18.9 Å². The van der Waals surface area contributed by atoms with Crippen LogP contribution in [0.2, 0.25) is 0 Å². The molecule has 0 radical (unpaired) electrons. The predicted molar refractivity (Wildman–Crippen MR) is 121 cm³/mol. The van der Waals surface area contributed by atoms with E-state index in [0.29, 0.717) is 12.8 Å². The fourth-order valence-corrected chi connectivity index (χ4v) is 4.20. The summed E-state index contributed by atoms with van der Waals surface area (Å²) in [5, 5.41) is 43.3. The third-order valence-electron chi connectivity index (χ3n) is 5.67. The van der Waals surface area contributed by atoms with E-state index in [1.165, 1.54) is 0 Å². The number of carbonyl (C=O) groups excluding carboxylic acids is 1. The number of nitrogens with one attached hydrogen (secondary N) is 1. The summed E-state index contributed by atoms with van der Waals surface area (Å²) in [5.74, 6) is -0.263. The molecule has 13 heteroatoms. The zero-order valence-electron chi connectivity index (χ0n) is 19.9. The zero-order valence-corrected chi connectivity index (χ0v) is 20.7. The highest BCUT2D eigenvalue weighted by atomic mass is 32.3. The highest BCUT2D eigenvalue weighted by Crippen LogP contribution is 2.26. The molecular weight excluding hydrogens is 474 g/mol. The Bertz CT molecular complexity index is 678. The van der Waals surface area contributed by atoms with E-state index in [1.807, 2.05) is 6.92 Å². The lowest BCUT2D eigenvalue weighted by molar-refractivity contribution is -0.298. The molecule has 0 unspecified atom stereocenters. The van der Waals surface area contributed by atoms with Crippen LogP contribution in [0.25, 0.3) is 0 Å². The molecule has 0 aliphatic carbocycles. The van der Waals surface area contributed by atoms with Crippen molar-refractivity contribution in [3.05, 3.63) is 0 Å². The van der Waals surface area contributed by atoms with Crippen LogP contribution in [0.1, 0.15) is 71.6 Å². The van der Waals surface area contributed by atoms with Crippen molar-refractivity contribution in [2.45, 2.75) is 114 Å². The van der Waals surface area contributed by atoms with Gasteiger partial charge in [0.05, 0.1) is 25.4 Å². The van der Waals surface area contributed by atoms with Gasteiger partial charge in [-0.15, -0.1) is 0 Å². The maximum absolute atomic E-state index is 12.4. The van der Waals surface area contributed by atoms with Crippen LogP contribution in [0.5, 0.6) is 0 Å². The molecule has 1 aliphatic rings. The van der Waals surface area contributed by atoms with Crippen molar-refractivity contribution < 1.29 is 51.8 Å². The Kier molecular flexibility index (Phi) is 14.6. The van der Waals surface area contributed by atoms with E-state index >= 15 is 0 Å². The number of amides is 1. The number of carbonyl (C=O) groups is 1. The quantitative estimate of drug-likeness (QED) is 0.113. The highest BCUT2D eigenvalue weighted by Gasteiger charge is 2.48. The molecule has 7 atom stereocenters. The SMILES string of the molecule is CCCCCCC(=O)N[C@@H](CO[C@@H]1O[C@H](CO)[C@H](O)[C@H](OS(=O)(=O)O)[C@H]1O)[C@H](O)CCCCC. The molecule has 1 rings (SSSR count). The first-order valence-corrected chi connectivity index (χ1v) is 13.3. The first-order valence-electron chi connectivity index (χ1n) is 11.9. The van der Waals surface area contributed by atoms with Crippen LogP contribution in [-0.4, -0.2) is 95.4 Å². The van der Waals surface area contributed by atoms with E-state index in [9.17, 15) is 33.6 Å². The van der Waals surface area contributed by atoms with Crippen molar-refractivity contribution in [2.24, 2.45) is 0 Å². The van der Waals surface area contributed by atoms with Gasteiger partial charge in [-0.1, -0.05) is 52.4 Å². The summed E-state index contributed by atoms with van der Waals surface area (Å²) in [4.78, 5) is 12.4. The lowest BCUT2D eigenvalue weighted by Gasteiger charge is -2.41. The maximum atomic E-state index is 12.4. The highest BCUT2D eigenvalue weighted by molar-refractivity contribution is 7.80. The second-order valence-electron chi connectivity index (χ2n) is 8.58. The molecule has 0 aromatic rings. The van der Waals surface area contributed by atoms with Gasteiger partial charge in [0.15, 0.2) is 6.29 Å². The van der Waals surface area contributed by atoms with Crippen LogP contribution in [0.3, 0.4) is 0 Å². The third kappa shape index (κ3) is 11.2. The van der Waals surface area contributed by atoms with Crippen molar-refractivity contribution in [1.82, 2.24) is 5.32 Å². The van der Waals surface area contributed by atoms with Crippen molar-refractivity contribution >= 4 is 16.3 Å². The number of aliphatic hydroxyl groups is 4. The van der Waals surface area contributed by atoms with E-state index in [2.05, 4.69) is 16.4 Å². The molecule has 0 spiro atoms. The largest absolute Gasteiger partial charge is 0.397 e. The number of hydrogen-bond acceptors (Lipinski definition) is 10. The minimum atomic E-state index is -5.04. The Morgan fingerprint density at radius 2 is 1.71 bits per heavy atom. The fraction of sp³-hybridized carbons (Fsp3) is 0.952. The molecule has 0 aromatic heterocycles. The second kappa shape index (κ2) is 16.0. The Labute approximate surface area is 201 Å². The molecule has 1 amide bonds. The summed E-state index contributed by atoms with van der Waals surface area (Å²) in [6.07, 6.45) is -2.49. The summed E-state index contributed by atoms with van der Waals surface area (Å²) in [6, 6.07) is -0.841. The van der Waals surface area contributed by atoms with Gasteiger partial charge in [-0.05, 0) is 12.8 Å². The molecule has 1 fully saturated rings. The van der Waals surface area contributed by atoms with Gasteiger partial charge >= 0.3 is 10.4 Å². The Morgan fingerprint density at radius 1 is 1.06 bits per heavy atom. The minimum Gasteiger partial charge on any atom is -0.394 e. The third-order valence-corrected chi connectivity index (χ3v) is 6.13. The van der Waals surface area contributed by atoms with E-state index in [0.717, 1.165) is 38.5 Å². The van der Waals surface area contributed by atoms with Gasteiger partial charge in [0.25, 0.3) is 0 Å². The zero-order chi connectivity index (χ0) is 25.7. The molecular formula is C21H41NO11S. The topological polar surface area (TPSA) is 192 Å². The first-order chi connectivity index (χ1) is 16.0. The average molecular weight is 516 g/mol. The predicted octanol–water partition coefficient (Wildman–Crippen LogP) is 0.0264. The monoisotopic (exact) mass is 515 g/mol. The van der Waals surface area contributed by atoms with Crippen LogP contribution in [0.4, 0.5) is 0 Å². The van der Waals surface area contributed by atoms with Gasteiger partial charge in [0, 0.05) is 6.42 Å². The molecule has 0 saturated carbocycles. The van der Waals surface area contributed by atoms with Gasteiger partial charge in [-0.25, -0.2) is 4.18 Å². The summed E-state index contributed by atoms with van der Waals surface area (Å²) in [5.41, 5.74) is 0. The van der Waals surface area contributed by atoms with Crippen molar-refractivity contribution in [3.8, 4) is 0 Å². The number of unbranched alkanes of at least 4 members (excludes halogenated alkanes) is 5. The van der Waals surface area contributed by atoms with Gasteiger partial charge in [0.2, 0.25) is 5.91 Å². The van der Waals surface area contributed by atoms with Crippen LogP contribution >= 0.6 is 0 Å². The lowest BCUT2D eigenvalue weighted by Crippen LogP contribution is -2.61. The molecule has 0 aromatic carbocycles. The smallest absolute Gasteiger partial charge is 0.394 e. The van der Waals surface area contributed by atoms with Gasteiger partial charge in [-0.2, -0.15) is 8.42 Å². The standard InChI is InChI=1S/C21H41NO11S/c1-3-5-7-9-11-17(25)22-14(15(24)10-8-6-4-2)13-31-21-19(27)20(33-34(28,29)30)18(26)16(12-23)32-21/h14-16,18-21,23-24,26-27H,3-13H2,1-2H3,(H,22,25)(H,28,29,30)/t14-,15+,16+,18-,19+,20-,21+/m0/s1. The fourth-order valence-electron chi connectivity index (χ4n) is 3.69. The van der Waals surface area contributed by atoms with Gasteiger partial charge < -0.3 is 35.2 Å². The summed E-state index contributed by atoms with van der Waals surface area (Å²) >= 11 is 0. The van der Waals surface area contributed by atoms with Crippen LogP contribution in [0, 0.1) is 0 Å². The first kappa shape index (κ1) is 31.1. The summed E-state index contributed by atoms with van der Waals surface area (Å²) in [7, 11) is -5.04. The van der Waals surface area contributed by atoms with E-state index in [4.69, 9.17) is 14.0 Å². The number of rotatable bonds is 17. The van der Waals surface area contributed by atoms with Crippen molar-refractivity contribution in [2.75, 3.05) is 13.2 Å². The van der Waals surface area contributed by atoms with E-state index < -0.39 is 59.9 Å². The Balaban J connectivity index is 2.84. The maximum Gasteiger partial charge on any atom is 0.397 e. The van der Waals surface area contributed by atoms with Crippen molar-refractivity contribution in [1.29, 1.82) is 0 Å². The normalized spacial score (nSPS) is 27.3. The molecule has 34 heavy (non-hydrogen) atoms. The molecule has 1 saturated heterocycles. The number of hydrogen-bond donors (Lipinski definition) is 6. The Hall–Kier alpha value is -0.900.